The number of methoxy groups -OCH3 is 1. The summed E-state index contributed by atoms with van der Waals surface area (Å²) in [5.74, 6) is -1.000. The fraction of sp³-hybridized carbons (Fsp3) is 0.154. The molecule has 0 fully saturated rings. The lowest BCUT2D eigenvalue weighted by molar-refractivity contribution is -0.385. The summed E-state index contributed by atoms with van der Waals surface area (Å²) in [6.45, 7) is 0. The van der Waals surface area contributed by atoms with E-state index in [9.17, 15) is 20.0 Å². The van der Waals surface area contributed by atoms with Crippen molar-refractivity contribution in [2.75, 3.05) is 7.11 Å². The third kappa shape index (κ3) is 3.68. The number of carbonyl (C=O) groups excluding carboxylic acids is 1. The minimum Gasteiger partial charge on any atom is -0.504 e. The van der Waals surface area contributed by atoms with Crippen molar-refractivity contribution in [2.24, 2.45) is 12.1 Å². The number of amides is 1. The molecule has 10 nitrogen and oxygen atoms in total. The number of ether oxygens (including phenoxy) is 1. The zero-order valence-corrected chi connectivity index (χ0v) is 14.1. The number of aromatic hydroxyl groups is 1. The first kappa shape index (κ1) is 17.4. The number of benzene rings is 1. The van der Waals surface area contributed by atoms with Crippen LogP contribution in [0.15, 0.2) is 27.9 Å². The molecule has 0 aliphatic heterocycles. The van der Waals surface area contributed by atoms with Gasteiger partial charge in [-0.3, -0.25) is 19.6 Å². The highest BCUT2D eigenvalue weighted by Crippen LogP contribution is 2.33. The molecule has 1 amide bonds. The first-order valence-corrected chi connectivity index (χ1v) is 7.20. The Labute approximate surface area is 144 Å². The number of hydrogen-bond donors (Lipinski definition) is 2. The number of nitrogens with zero attached hydrogens (tertiary/aromatic N) is 4. The number of non-ortho nitro benzene ring substituents is 1. The standard InChI is InChI=1S/C13H12BrN5O5/c1-18-6-9(14)11(17-18)13(21)16-15-5-7-3-8(19(22)23)4-10(24-2)12(7)20/h3-6,20H,1-2H3,(H,16,21). The lowest BCUT2D eigenvalue weighted by atomic mass is 10.2. The summed E-state index contributed by atoms with van der Waals surface area (Å²) in [4.78, 5) is 22.2. The summed E-state index contributed by atoms with van der Waals surface area (Å²) in [5.41, 5.74) is 2.07. The van der Waals surface area contributed by atoms with Crippen LogP contribution in [0.1, 0.15) is 16.1 Å². The maximum absolute atomic E-state index is 11.9. The van der Waals surface area contributed by atoms with E-state index in [1.165, 1.54) is 11.8 Å². The number of phenols is 1. The minimum atomic E-state index is -0.636. The summed E-state index contributed by atoms with van der Waals surface area (Å²) < 4.78 is 6.80. The molecule has 2 aromatic rings. The van der Waals surface area contributed by atoms with Gasteiger partial charge in [0.1, 0.15) is 0 Å². The summed E-state index contributed by atoms with van der Waals surface area (Å²) in [5, 5.41) is 28.4. The number of carbonyl (C=O) groups is 1. The number of nitro benzene ring substituents is 1. The van der Waals surface area contributed by atoms with E-state index in [1.807, 2.05) is 0 Å². The van der Waals surface area contributed by atoms with Gasteiger partial charge in [-0.25, -0.2) is 5.43 Å². The average Bonchev–Trinajstić information content (AvgIpc) is 2.87. The topological polar surface area (TPSA) is 132 Å². The smallest absolute Gasteiger partial charge is 0.293 e. The molecule has 2 rings (SSSR count). The van der Waals surface area contributed by atoms with E-state index in [0.717, 1.165) is 18.3 Å². The van der Waals surface area contributed by atoms with Gasteiger partial charge in [-0.2, -0.15) is 10.2 Å². The maximum Gasteiger partial charge on any atom is 0.293 e. The number of phenolic OH excluding ortho intramolecular Hbond substituents is 1. The van der Waals surface area contributed by atoms with Crippen molar-refractivity contribution in [1.29, 1.82) is 0 Å². The summed E-state index contributed by atoms with van der Waals surface area (Å²) in [6.07, 6.45) is 2.66. The van der Waals surface area contributed by atoms with E-state index in [-0.39, 0.29) is 28.4 Å². The molecule has 1 aromatic carbocycles. The van der Waals surface area contributed by atoms with Gasteiger partial charge in [0.15, 0.2) is 17.2 Å². The van der Waals surface area contributed by atoms with E-state index in [2.05, 4.69) is 31.6 Å². The van der Waals surface area contributed by atoms with Gasteiger partial charge >= 0.3 is 0 Å². The molecule has 126 valence electrons. The van der Waals surface area contributed by atoms with Crippen LogP contribution in [-0.4, -0.2) is 39.0 Å². The van der Waals surface area contributed by atoms with Crippen molar-refractivity contribution in [2.45, 2.75) is 0 Å². The highest BCUT2D eigenvalue weighted by molar-refractivity contribution is 9.10. The third-order valence-electron chi connectivity index (χ3n) is 2.89. The predicted molar refractivity (Wildman–Crippen MR) is 87.3 cm³/mol. The third-order valence-corrected chi connectivity index (χ3v) is 3.47. The fourth-order valence-electron chi connectivity index (χ4n) is 1.80. The van der Waals surface area contributed by atoms with Crippen LogP contribution in [0.3, 0.4) is 0 Å². The quantitative estimate of drug-likeness (QED) is 0.447. The monoisotopic (exact) mass is 397 g/mol. The van der Waals surface area contributed by atoms with Gasteiger partial charge in [0.05, 0.1) is 28.8 Å². The number of rotatable bonds is 5. The van der Waals surface area contributed by atoms with E-state index in [0.29, 0.717) is 4.47 Å². The molecule has 0 atom stereocenters. The van der Waals surface area contributed by atoms with Crippen molar-refractivity contribution >= 4 is 33.7 Å². The molecule has 11 heteroatoms. The molecule has 0 bridgehead atoms. The van der Waals surface area contributed by atoms with Gasteiger partial charge in [0.25, 0.3) is 11.6 Å². The summed E-state index contributed by atoms with van der Waals surface area (Å²) in [6, 6.07) is 2.18. The van der Waals surface area contributed by atoms with Crippen LogP contribution in [0.2, 0.25) is 0 Å². The molecule has 0 unspecified atom stereocenters. The number of hydrogen-bond acceptors (Lipinski definition) is 7. The SMILES string of the molecule is COc1cc([N+](=O)[O-])cc(C=NNC(=O)c2nn(C)cc2Br)c1O. The Balaban J connectivity index is 2.22. The Morgan fingerprint density at radius 3 is 2.83 bits per heavy atom. The normalized spacial score (nSPS) is 10.8. The summed E-state index contributed by atoms with van der Waals surface area (Å²) in [7, 11) is 2.91. The van der Waals surface area contributed by atoms with E-state index in [1.54, 1.807) is 13.2 Å². The molecular weight excluding hydrogens is 386 g/mol. The predicted octanol–water partition coefficient (Wildman–Crippen LogP) is 1.57. The van der Waals surface area contributed by atoms with Gasteiger partial charge in [0.2, 0.25) is 0 Å². The van der Waals surface area contributed by atoms with Gasteiger partial charge < -0.3 is 9.84 Å². The molecular formula is C13H12BrN5O5. The zero-order chi connectivity index (χ0) is 17.9. The fourth-order valence-corrected chi connectivity index (χ4v) is 2.36. The molecule has 2 N–H and O–H groups in total. The Morgan fingerprint density at radius 1 is 1.58 bits per heavy atom. The van der Waals surface area contributed by atoms with Crippen molar-refractivity contribution in [3.05, 3.63) is 44.2 Å². The minimum absolute atomic E-state index is 0.0152. The number of aryl methyl sites for hydroxylation is 1. The van der Waals surface area contributed by atoms with Crippen molar-refractivity contribution < 1.29 is 19.6 Å². The first-order chi connectivity index (χ1) is 11.3. The molecule has 0 aliphatic rings. The summed E-state index contributed by atoms with van der Waals surface area (Å²) >= 11 is 3.18. The van der Waals surface area contributed by atoms with Gasteiger partial charge in [-0.1, -0.05) is 0 Å². The zero-order valence-electron chi connectivity index (χ0n) is 12.6. The lowest BCUT2D eigenvalue weighted by Crippen LogP contribution is -2.19. The van der Waals surface area contributed by atoms with Crippen molar-refractivity contribution in [3.63, 3.8) is 0 Å². The molecule has 24 heavy (non-hydrogen) atoms. The van der Waals surface area contributed by atoms with Crippen LogP contribution in [0.4, 0.5) is 5.69 Å². The second-order valence-electron chi connectivity index (χ2n) is 4.54. The van der Waals surface area contributed by atoms with Crippen LogP contribution in [-0.2, 0) is 7.05 Å². The Kier molecular flexibility index (Phi) is 5.14. The largest absolute Gasteiger partial charge is 0.504 e. The first-order valence-electron chi connectivity index (χ1n) is 6.41. The van der Waals surface area contributed by atoms with E-state index < -0.39 is 10.8 Å². The van der Waals surface area contributed by atoms with Crippen molar-refractivity contribution in [1.82, 2.24) is 15.2 Å². The Morgan fingerprint density at radius 2 is 2.29 bits per heavy atom. The van der Waals surface area contributed by atoms with E-state index >= 15 is 0 Å². The second kappa shape index (κ2) is 7.08. The van der Waals surface area contributed by atoms with Crippen LogP contribution in [0.25, 0.3) is 0 Å². The van der Waals surface area contributed by atoms with E-state index in [4.69, 9.17) is 4.74 Å². The number of halogens is 1. The van der Waals surface area contributed by atoms with Gasteiger partial charge in [-0.15, -0.1) is 0 Å². The highest BCUT2D eigenvalue weighted by Gasteiger charge is 2.16. The molecule has 0 radical (unpaired) electrons. The number of aromatic nitrogens is 2. The van der Waals surface area contributed by atoms with Crippen LogP contribution in [0.5, 0.6) is 11.5 Å². The van der Waals surface area contributed by atoms with Gasteiger partial charge in [0, 0.05) is 24.9 Å². The molecule has 1 aromatic heterocycles. The lowest BCUT2D eigenvalue weighted by Gasteiger charge is -2.05. The maximum atomic E-state index is 11.9. The highest BCUT2D eigenvalue weighted by atomic mass is 79.9. The second-order valence-corrected chi connectivity index (χ2v) is 5.40. The Hall–Kier alpha value is -2.95. The molecule has 0 saturated heterocycles. The average molecular weight is 398 g/mol. The molecule has 1 heterocycles. The molecule has 0 saturated carbocycles. The molecule has 0 spiro atoms. The number of nitro groups is 1. The van der Waals surface area contributed by atoms with Crippen molar-refractivity contribution in [3.8, 4) is 11.5 Å². The number of hydrazone groups is 1. The van der Waals surface area contributed by atoms with Crippen LogP contribution >= 0.6 is 15.9 Å². The van der Waals surface area contributed by atoms with Crippen LogP contribution < -0.4 is 10.2 Å². The van der Waals surface area contributed by atoms with Crippen LogP contribution in [0, 0.1) is 10.1 Å². The number of nitrogens with one attached hydrogen (secondary N) is 1. The van der Waals surface area contributed by atoms with Gasteiger partial charge in [-0.05, 0) is 15.9 Å². The molecule has 0 aliphatic carbocycles. The Bertz CT molecular complexity index is 832.